The topological polar surface area (TPSA) is 44.2 Å². The molecule has 154 valence electrons. The molecule has 7 heteroatoms. The Hall–Kier alpha value is -0.536. The Morgan fingerprint density at radius 3 is 1.93 bits per heavy atom. The van der Waals surface area contributed by atoms with Gasteiger partial charge in [0.15, 0.2) is 16.6 Å². The van der Waals surface area contributed by atoms with Crippen LogP contribution in [-0.4, -0.2) is 33.2 Å². The molecule has 0 amide bonds. The minimum atomic E-state index is -1.86. The third-order valence-corrected chi connectivity index (χ3v) is 15.0. The van der Waals surface area contributed by atoms with E-state index in [0.29, 0.717) is 13.2 Å². The minimum absolute atomic E-state index is 0.146. The number of rotatable bonds is 7. The van der Waals surface area contributed by atoms with E-state index in [9.17, 15) is 0 Å². The fraction of sp³-hybridized carbons (Fsp3) is 0.700. The molecule has 0 aliphatic rings. The number of halogens is 1. The summed E-state index contributed by atoms with van der Waals surface area (Å²) in [5, 5.41) is 0.515. The predicted molar refractivity (Wildman–Crippen MR) is 121 cm³/mol. The highest BCUT2D eigenvalue weighted by Crippen LogP contribution is 2.38. The third-order valence-electron chi connectivity index (χ3n) is 5.91. The summed E-state index contributed by atoms with van der Waals surface area (Å²) < 4.78 is 12.5. The van der Waals surface area contributed by atoms with Crippen LogP contribution in [0.25, 0.3) is 5.57 Å². The lowest BCUT2D eigenvalue weighted by Gasteiger charge is -2.36. The lowest BCUT2D eigenvalue weighted by Crippen LogP contribution is -2.41. The first-order chi connectivity index (χ1) is 12.0. The van der Waals surface area contributed by atoms with E-state index in [1.165, 1.54) is 0 Å². The van der Waals surface area contributed by atoms with Gasteiger partial charge in [0.25, 0.3) is 0 Å². The van der Waals surface area contributed by atoms with Gasteiger partial charge in [-0.2, -0.15) is 0 Å². The van der Waals surface area contributed by atoms with Crippen molar-refractivity contribution in [3.63, 3.8) is 0 Å². The molecule has 0 saturated heterocycles. The van der Waals surface area contributed by atoms with E-state index in [4.69, 9.17) is 20.5 Å². The summed E-state index contributed by atoms with van der Waals surface area (Å²) >= 11 is 6.16. The van der Waals surface area contributed by atoms with Crippen molar-refractivity contribution in [2.75, 3.05) is 6.61 Å². The van der Waals surface area contributed by atoms with Gasteiger partial charge < -0.3 is 8.85 Å². The molecule has 0 N–H and O–H groups in total. The maximum absolute atomic E-state index is 6.26. The molecule has 0 bridgehead atoms. The van der Waals surface area contributed by atoms with Gasteiger partial charge in [-0.05, 0) is 59.5 Å². The third kappa shape index (κ3) is 6.78. The van der Waals surface area contributed by atoms with Crippen LogP contribution in [0, 0.1) is 0 Å². The maximum Gasteiger partial charge on any atom is 0.223 e. The van der Waals surface area contributed by atoms with Gasteiger partial charge in [0, 0.05) is 0 Å². The van der Waals surface area contributed by atoms with E-state index < -0.39 is 16.6 Å². The second kappa shape index (κ2) is 8.45. The van der Waals surface area contributed by atoms with Crippen molar-refractivity contribution in [1.29, 1.82) is 0 Å². The van der Waals surface area contributed by atoms with Crippen LogP contribution in [0.1, 0.15) is 52.9 Å². The fourth-order valence-electron chi connectivity index (χ4n) is 1.75. The summed E-state index contributed by atoms with van der Waals surface area (Å²) in [6.07, 6.45) is 0. The van der Waals surface area contributed by atoms with Crippen LogP contribution in [0.3, 0.4) is 0 Å². The molecule has 0 unspecified atom stereocenters. The quantitative estimate of drug-likeness (QED) is 0.358. The highest BCUT2D eigenvalue weighted by atomic mass is 35.5. The fourth-order valence-corrected chi connectivity index (χ4v) is 3.86. The zero-order chi connectivity index (χ0) is 21.3. The molecule has 1 aromatic heterocycles. The molecule has 1 aromatic rings. The van der Waals surface area contributed by atoms with Gasteiger partial charge in [-0.1, -0.05) is 48.1 Å². The van der Waals surface area contributed by atoms with Gasteiger partial charge in [0.2, 0.25) is 5.28 Å². The first-order valence-corrected chi connectivity index (χ1v) is 15.7. The van der Waals surface area contributed by atoms with Crippen molar-refractivity contribution in [3.8, 4) is 0 Å². The highest BCUT2D eigenvalue weighted by Gasteiger charge is 2.38. The van der Waals surface area contributed by atoms with Crippen molar-refractivity contribution in [2.24, 2.45) is 0 Å². The summed E-state index contributed by atoms with van der Waals surface area (Å²) in [5.74, 6) is 0. The van der Waals surface area contributed by atoms with Crippen LogP contribution in [0.4, 0.5) is 0 Å². The van der Waals surface area contributed by atoms with Gasteiger partial charge in [0.05, 0.1) is 24.6 Å². The summed E-state index contributed by atoms with van der Waals surface area (Å²) in [5.41, 5.74) is 2.32. The molecule has 0 aliphatic carbocycles. The zero-order valence-electron chi connectivity index (χ0n) is 18.8. The van der Waals surface area contributed by atoms with E-state index in [2.05, 4.69) is 84.3 Å². The number of aromatic nitrogens is 2. The van der Waals surface area contributed by atoms with E-state index in [1.54, 1.807) is 0 Å². The largest absolute Gasteiger partial charge is 0.413 e. The SMILES string of the molecule is C=C(CO[Si](C)(C)C(C)(C)C)c1cc(CO[Si](C)(C)C(C)(C)C)nc(Cl)n1. The Balaban J connectivity index is 2.88. The van der Waals surface area contributed by atoms with Crippen LogP contribution in [0.2, 0.25) is 41.5 Å². The van der Waals surface area contributed by atoms with Crippen LogP contribution in [0.5, 0.6) is 0 Å². The Kier molecular flexibility index (Phi) is 7.67. The van der Waals surface area contributed by atoms with Crippen LogP contribution < -0.4 is 0 Å². The molecule has 0 fully saturated rings. The smallest absolute Gasteiger partial charge is 0.223 e. The molecule has 0 aromatic carbocycles. The first kappa shape index (κ1) is 24.5. The number of hydrogen-bond acceptors (Lipinski definition) is 4. The molecular weight excluding hydrogens is 392 g/mol. The van der Waals surface area contributed by atoms with Gasteiger partial charge in [-0.3, -0.25) is 0 Å². The van der Waals surface area contributed by atoms with Gasteiger partial charge in [-0.25, -0.2) is 9.97 Å². The molecule has 1 rings (SSSR count). The molecule has 1 heterocycles. The van der Waals surface area contributed by atoms with E-state index in [0.717, 1.165) is 17.0 Å². The van der Waals surface area contributed by atoms with Crippen molar-refractivity contribution < 1.29 is 8.85 Å². The Morgan fingerprint density at radius 2 is 1.44 bits per heavy atom. The number of nitrogens with zero attached hydrogens (tertiary/aromatic N) is 2. The lowest BCUT2D eigenvalue weighted by molar-refractivity contribution is 0.272. The maximum atomic E-state index is 6.26. The molecule has 4 nitrogen and oxygen atoms in total. The second-order valence-electron chi connectivity index (χ2n) is 10.2. The van der Waals surface area contributed by atoms with E-state index >= 15 is 0 Å². The standard InChI is InChI=1S/C20H37ClN2O2Si2/c1-15(13-24-26(8,9)19(2,3)4)17-12-16(22-18(21)23-17)14-25-27(10,11)20(5,6)7/h12H,1,13-14H2,2-11H3. The molecule has 0 radical (unpaired) electrons. The monoisotopic (exact) mass is 428 g/mol. The Bertz CT molecular complexity index is 678. The molecule has 0 aliphatic heterocycles. The van der Waals surface area contributed by atoms with Crippen LogP contribution in [-0.2, 0) is 15.5 Å². The average Bonchev–Trinajstić information content (AvgIpc) is 2.48. The zero-order valence-corrected chi connectivity index (χ0v) is 21.5. The van der Waals surface area contributed by atoms with E-state index in [-0.39, 0.29) is 15.4 Å². The molecule has 0 saturated carbocycles. The molecular formula is C20H37ClN2O2Si2. The Labute approximate surface area is 173 Å². The molecule has 27 heavy (non-hydrogen) atoms. The second-order valence-corrected chi connectivity index (χ2v) is 20.2. The van der Waals surface area contributed by atoms with Gasteiger partial charge in [-0.15, -0.1) is 0 Å². The Morgan fingerprint density at radius 1 is 0.963 bits per heavy atom. The molecule has 0 spiro atoms. The summed E-state index contributed by atoms with van der Waals surface area (Å²) in [7, 11) is -3.70. The normalized spacial score (nSPS) is 13.7. The highest BCUT2D eigenvalue weighted by molar-refractivity contribution is 6.74. The molecule has 0 atom stereocenters. The first-order valence-electron chi connectivity index (χ1n) is 9.46. The van der Waals surface area contributed by atoms with Gasteiger partial charge in [0.1, 0.15) is 0 Å². The van der Waals surface area contributed by atoms with Crippen molar-refractivity contribution in [3.05, 3.63) is 29.3 Å². The van der Waals surface area contributed by atoms with Crippen molar-refractivity contribution >= 4 is 33.8 Å². The van der Waals surface area contributed by atoms with E-state index in [1.807, 2.05) is 6.07 Å². The van der Waals surface area contributed by atoms with Crippen LogP contribution >= 0.6 is 11.6 Å². The number of hydrogen-bond donors (Lipinski definition) is 0. The summed E-state index contributed by atoms with van der Waals surface area (Å²) in [4.78, 5) is 8.66. The lowest BCUT2D eigenvalue weighted by atomic mass is 10.2. The summed E-state index contributed by atoms with van der Waals surface area (Å²) in [6.45, 7) is 27.3. The predicted octanol–water partition coefficient (Wildman–Crippen LogP) is 6.69. The minimum Gasteiger partial charge on any atom is -0.413 e. The summed E-state index contributed by atoms with van der Waals surface area (Å²) in [6, 6.07) is 1.91. The average molecular weight is 429 g/mol. The van der Waals surface area contributed by atoms with Crippen molar-refractivity contribution in [2.45, 2.75) is 84.4 Å². The van der Waals surface area contributed by atoms with Crippen LogP contribution in [0.15, 0.2) is 12.6 Å². The van der Waals surface area contributed by atoms with Crippen molar-refractivity contribution in [1.82, 2.24) is 9.97 Å². The van der Waals surface area contributed by atoms with Gasteiger partial charge >= 0.3 is 0 Å².